The van der Waals surface area contributed by atoms with Crippen LogP contribution >= 0.6 is 0 Å². The molecule has 0 unspecified atom stereocenters. The third kappa shape index (κ3) is 38.1. The summed E-state index contributed by atoms with van der Waals surface area (Å²) in [4.78, 5) is 3.24. The van der Waals surface area contributed by atoms with Crippen LogP contribution in [0.25, 0.3) is 10.9 Å². The first-order chi connectivity index (χ1) is 17.5. The molecule has 0 saturated carbocycles. The molecule has 40 heavy (non-hydrogen) atoms. The molecule has 1 aromatic heterocycles. The standard InChI is InChI=1S/C10H11N.C9H12.C5H12.C4H10.C3H8O.2C2H6.3CH4/c1-2-8-7-11-10-6-4-3-5-9(8)10;1-3-9-6-4-8(2)5-7-9;1-4-5(2)3;1-4(2)3;1-3(2)4;2*1-2;;;/h3-7,11H,2H2,1H3;4-7H,3H2,1-2H3;5H,4H2,1-3H3;4H,1-3H3;3-4H,1-2H3;2*1-2H3;3*1H4. The maximum Gasteiger partial charge on any atom is 0.0483 e. The monoisotopic (exact) mass is 564 g/mol. The summed E-state index contributed by atoms with van der Waals surface area (Å²) in [6, 6.07) is 17.1. The Bertz CT molecular complexity index is 786. The molecule has 0 atom stereocenters. The number of benzene rings is 2. The molecule has 1 heterocycles. The Hall–Kier alpha value is -2.06. The number of H-pyrrole nitrogens is 1. The topological polar surface area (TPSA) is 36.0 Å². The second-order valence-corrected chi connectivity index (χ2v) is 9.68. The van der Waals surface area contributed by atoms with E-state index in [0.717, 1.165) is 24.7 Å². The summed E-state index contributed by atoms with van der Waals surface area (Å²) in [6.45, 7) is 31.0. The van der Waals surface area contributed by atoms with Gasteiger partial charge in [0.1, 0.15) is 0 Å². The summed E-state index contributed by atoms with van der Waals surface area (Å²) in [6.07, 6.45) is 5.47. The summed E-state index contributed by atoms with van der Waals surface area (Å²) in [5.74, 6) is 1.72. The lowest BCUT2D eigenvalue weighted by atomic mass is 10.1. The van der Waals surface area contributed by atoms with Crippen LogP contribution in [-0.4, -0.2) is 16.2 Å². The highest BCUT2D eigenvalue weighted by atomic mass is 16.3. The van der Waals surface area contributed by atoms with E-state index in [1.807, 2.05) is 27.7 Å². The molecule has 240 valence electrons. The van der Waals surface area contributed by atoms with Crippen LogP contribution in [0.3, 0.4) is 0 Å². The van der Waals surface area contributed by atoms with Crippen LogP contribution in [-0.2, 0) is 12.8 Å². The molecule has 0 bridgehead atoms. The number of hydrogen-bond acceptors (Lipinski definition) is 1. The first kappa shape index (κ1) is 54.1. The van der Waals surface area contributed by atoms with Crippen LogP contribution in [0.4, 0.5) is 0 Å². The van der Waals surface area contributed by atoms with Crippen molar-refractivity contribution in [1.29, 1.82) is 0 Å². The van der Waals surface area contributed by atoms with E-state index in [9.17, 15) is 0 Å². The van der Waals surface area contributed by atoms with Crippen molar-refractivity contribution < 1.29 is 5.11 Å². The fourth-order valence-corrected chi connectivity index (χ4v) is 2.25. The molecule has 3 rings (SSSR count). The van der Waals surface area contributed by atoms with Gasteiger partial charge in [0.2, 0.25) is 0 Å². The van der Waals surface area contributed by atoms with Crippen molar-refractivity contribution >= 4 is 10.9 Å². The number of hydrogen-bond donors (Lipinski definition) is 2. The van der Waals surface area contributed by atoms with E-state index < -0.39 is 0 Å². The number of aliphatic hydroxyl groups is 1. The molecule has 2 N–H and O–H groups in total. The second-order valence-electron chi connectivity index (χ2n) is 9.68. The predicted molar refractivity (Wildman–Crippen MR) is 194 cm³/mol. The third-order valence-corrected chi connectivity index (χ3v) is 4.40. The number of rotatable bonds is 3. The molecule has 2 aromatic carbocycles. The highest BCUT2D eigenvalue weighted by Gasteiger charge is 1.98. The zero-order valence-corrected chi connectivity index (χ0v) is 27.5. The molecule has 3 aromatic rings. The Balaban J connectivity index is -0.0000000685. The zero-order chi connectivity index (χ0) is 29.8. The number of aryl methyl sites for hydroxylation is 3. The number of nitrogens with one attached hydrogen (secondary N) is 1. The maximum atomic E-state index is 8.06. The summed E-state index contributed by atoms with van der Waals surface area (Å²) >= 11 is 0. The van der Waals surface area contributed by atoms with Crippen LogP contribution in [0.15, 0.2) is 54.7 Å². The Morgan fingerprint density at radius 2 is 1.05 bits per heavy atom. The molecule has 2 nitrogen and oxygen atoms in total. The molecule has 0 aliphatic rings. The maximum absolute atomic E-state index is 8.06. The van der Waals surface area contributed by atoms with Gasteiger partial charge in [-0.3, -0.25) is 0 Å². The Morgan fingerprint density at radius 3 is 1.38 bits per heavy atom. The summed E-state index contributed by atoms with van der Waals surface area (Å²) in [5, 5.41) is 9.41. The van der Waals surface area contributed by atoms with Gasteiger partial charge in [-0.25, -0.2) is 0 Å². The predicted octanol–water partition coefficient (Wildman–Crippen LogP) is 13.4. The van der Waals surface area contributed by atoms with E-state index >= 15 is 0 Å². The SMILES string of the molecule is C.C.C.CC.CC.CC(C)C.CC(C)O.CCC(C)C.CCc1c[nH]c2ccccc12.CCc1ccc(C)cc1. The normalized spacial score (nSPS) is 8.38. The largest absolute Gasteiger partial charge is 0.394 e. The molecular weight excluding hydrogens is 486 g/mol. The van der Waals surface area contributed by atoms with Gasteiger partial charge in [-0.15, -0.1) is 0 Å². The number of aromatic amines is 1. The van der Waals surface area contributed by atoms with Crippen LogP contribution in [0.2, 0.25) is 0 Å². The van der Waals surface area contributed by atoms with Gasteiger partial charge in [0.15, 0.2) is 0 Å². The van der Waals surface area contributed by atoms with Crippen LogP contribution in [0.1, 0.15) is 142 Å². The first-order valence-corrected chi connectivity index (χ1v) is 14.8. The first-order valence-electron chi connectivity index (χ1n) is 14.8. The van der Waals surface area contributed by atoms with Gasteiger partial charge >= 0.3 is 0 Å². The number of para-hydroxylation sites is 1. The van der Waals surface area contributed by atoms with Gasteiger partial charge in [-0.05, 0) is 62.6 Å². The van der Waals surface area contributed by atoms with Gasteiger partial charge in [-0.1, -0.05) is 160 Å². The van der Waals surface area contributed by atoms with E-state index in [4.69, 9.17) is 5.11 Å². The summed E-state index contributed by atoms with van der Waals surface area (Å²) < 4.78 is 0. The molecule has 0 spiro atoms. The minimum Gasteiger partial charge on any atom is -0.394 e. The molecule has 0 radical (unpaired) electrons. The Morgan fingerprint density at radius 1 is 0.675 bits per heavy atom. The highest BCUT2D eigenvalue weighted by molar-refractivity contribution is 5.82. The molecule has 0 aliphatic carbocycles. The smallest absolute Gasteiger partial charge is 0.0483 e. The van der Waals surface area contributed by atoms with Crippen molar-refractivity contribution in [1.82, 2.24) is 4.98 Å². The fraction of sp³-hybridized carbons (Fsp3) is 0.632. The second kappa shape index (κ2) is 39.1. The number of fused-ring (bicyclic) bond motifs is 1. The van der Waals surface area contributed by atoms with Gasteiger partial charge < -0.3 is 10.1 Å². The zero-order valence-electron chi connectivity index (χ0n) is 27.5. The van der Waals surface area contributed by atoms with E-state index in [1.165, 1.54) is 34.0 Å². The van der Waals surface area contributed by atoms with Crippen molar-refractivity contribution in [3.8, 4) is 0 Å². The molecule has 0 aliphatic heterocycles. The third-order valence-electron chi connectivity index (χ3n) is 4.40. The minimum atomic E-state index is -0.167. The van der Waals surface area contributed by atoms with Crippen molar-refractivity contribution in [2.24, 2.45) is 11.8 Å². The lowest BCUT2D eigenvalue weighted by Gasteiger charge is -1.94. The van der Waals surface area contributed by atoms with Crippen molar-refractivity contribution in [2.45, 2.75) is 152 Å². The van der Waals surface area contributed by atoms with Gasteiger partial charge in [0.05, 0.1) is 0 Å². The number of aromatic nitrogens is 1. The lowest BCUT2D eigenvalue weighted by Crippen LogP contribution is -1.85. The van der Waals surface area contributed by atoms with Gasteiger partial charge in [0, 0.05) is 23.2 Å². The Labute approximate surface area is 255 Å². The number of aliphatic hydroxyl groups excluding tert-OH is 1. The molecule has 0 fully saturated rings. The van der Waals surface area contributed by atoms with Crippen LogP contribution < -0.4 is 0 Å². The average Bonchev–Trinajstić information content (AvgIpc) is 3.30. The minimum absolute atomic E-state index is 0. The van der Waals surface area contributed by atoms with Crippen molar-refractivity contribution in [3.05, 3.63) is 71.4 Å². The van der Waals surface area contributed by atoms with Crippen molar-refractivity contribution in [2.75, 3.05) is 0 Å². The average molecular weight is 564 g/mol. The Kier molecular flexibility index (Phi) is 52.8. The van der Waals surface area contributed by atoms with Gasteiger partial charge in [-0.2, -0.15) is 0 Å². The fourth-order valence-electron chi connectivity index (χ4n) is 2.25. The molecular formula is C38H77NO. The van der Waals surface area contributed by atoms with Gasteiger partial charge in [0.25, 0.3) is 0 Å². The highest BCUT2D eigenvalue weighted by Crippen LogP contribution is 2.17. The van der Waals surface area contributed by atoms with Crippen LogP contribution in [0, 0.1) is 18.8 Å². The van der Waals surface area contributed by atoms with E-state index in [0.29, 0.717) is 0 Å². The molecule has 0 saturated heterocycles. The lowest BCUT2D eigenvalue weighted by molar-refractivity contribution is 0.216. The van der Waals surface area contributed by atoms with E-state index in [1.54, 1.807) is 13.8 Å². The summed E-state index contributed by atoms with van der Waals surface area (Å²) in [7, 11) is 0. The summed E-state index contributed by atoms with van der Waals surface area (Å²) in [5.41, 5.74) is 5.40. The molecule has 0 amide bonds. The van der Waals surface area contributed by atoms with Crippen molar-refractivity contribution in [3.63, 3.8) is 0 Å². The van der Waals surface area contributed by atoms with E-state index in [-0.39, 0.29) is 28.4 Å². The van der Waals surface area contributed by atoms with Crippen LogP contribution in [0.5, 0.6) is 0 Å². The molecule has 2 heteroatoms. The van der Waals surface area contributed by atoms with E-state index in [2.05, 4.69) is 122 Å². The quantitative estimate of drug-likeness (QED) is 0.326.